The van der Waals surface area contributed by atoms with Gasteiger partial charge in [0.25, 0.3) is 0 Å². The van der Waals surface area contributed by atoms with Crippen LogP contribution >= 0.6 is 11.8 Å². The Kier molecular flexibility index (Phi) is 4.18. The molecule has 0 saturated heterocycles. The fraction of sp³-hybridized carbons (Fsp3) is 0.176. The van der Waals surface area contributed by atoms with Gasteiger partial charge in [-0.3, -0.25) is 0 Å². The van der Waals surface area contributed by atoms with E-state index in [9.17, 15) is 0 Å². The van der Waals surface area contributed by atoms with Crippen LogP contribution in [0.3, 0.4) is 0 Å². The third-order valence-corrected chi connectivity index (χ3v) is 4.52. The first-order chi connectivity index (χ1) is 10.3. The van der Waals surface area contributed by atoms with E-state index in [0.29, 0.717) is 0 Å². The fourth-order valence-electron chi connectivity index (χ4n) is 2.37. The predicted molar refractivity (Wildman–Crippen MR) is 88.9 cm³/mol. The van der Waals surface area contributed by atoms with Gasteiger partial charge in [0.2, 0.25) is 0 Å². The molecule has 108 valence electrons. The molecule has 1 unspecified atom stereocenters. The van der Waals surface area contributed by atoms with Crippen molar-refractivity contribution in [2.75, 3.05) is 12.9 Å². The number of H-pyrrole nitrogens is 1. The number of nitrogens with two attached hydrogens (primary N) is 1. The molecule has 3 N–H and O–H groups in total. The lowest BCUT2D eigenvalue weighted by Crippen LogP contribution is -2.14. The summed E-state index contributed by atoms with van der Waals surface area (Å²) in [6, 6.07) is 18.3. The molecule has 21 heavy (non-hydrogen) atoms. The third kappa shape index (κ3) is 3.06. The number of thioether (sulfide) groups is 1. The van der Waals surface area contributed by atoms with Crippen molar-refractivity contribution in [3.05, 3.63) is 60.2 Å². The Morgan fingerprint density at radius 1 is 1.14 bits per heavy atom. The summed E-state index contributed by atoms with van der Waals surface area (Å²) in [5.74, 6) is 1.65. The second-order valence-corrected chi connectivity index (χ2v) is 5.94. The molecule has 0 amide bonds. The SMILES string of the molecule is COc1ccccc1C(N)CSc1cc2ccccc2[nH]1. The van der Waals surface area contributed by atoms with Gasteiger partial charge in [0, 0.05) is 28.3 Å². The number of aromatic nitrogens is 1. The summed E-state index contributed by atoms with van der Waals surface area (Å²) < 4.78 is 5.37. The first-order valence-corrected chi connectivity index (χ1v) is 7.85. The molecule has 0 aliphatic carbocycles. The van der Waals surface area contributed by atoms with Crippen LogP contribution in [0.15, 0.2) is 59.6 Å². The first kappa shape index (κ1) is 14.0. The number of ether oxygens (including phenoxy) is 1. The molecule has 0 saturated carbocycles. The van der Waals surface area contributed by atoms with Gasteiger partial charge in [-0.2, -0.15) is 0 Å². The summed E-state index contributed by atoms with van der Waals surface area (Å²) in [5.41, 5.74) is 8.50. The average molecular weight is 298 g/mol. The number of fused-ring (bicyclic) bond motifs is 1. The van der Waals surface area contributed by atoms with Gasteiger partial charge in [-0.25, -0.2) is 0 Å². The average Bonchev–Trinajstić information content (AvgIpc) is 2.95. The topological polar surface area (TPSA) is 51.0 Å². The van der Waals surface area contributed by atoms with Crippen molar-refractivity contribution in [3.8, 4) is 5.75 Å². The number of rotatable bonds is 5. The standard InChI is InChI=1S/C17H18N2OS/c1-20-16-9-5-3-7-13(16)14(18)11-21-17-10-12-6-2-4-8-15(12)19-17/h2-10,14,19H,11,18H2,1H3. The van der Waals surface area contributed by atoms with Crippen LogP contribution in [0.5, 0.6) is 5.75 Å². The highest BCUT2D eigenvalue weighted by Gasteiger charge is 2.12. The van der Waals surface area contributed by atoms with Crippen LogP contribution in [0, 0.1) is 0 Å². The van der Waals surface area contributed by atoms with E-state index >= 15 is 0 Å². The maximum Gasteiger partial charge on any atom is 0.123 e. The number of methoxy groups -OCH3 is 1. The molecule has 0 radical (unpaired) electrons. The molecule has 3 nitrogen and oxygen atoms in total. The Hall–Kier alpha value is -1.91. The first-order valence-electron chi connectivity index (χ1n) is 6.87. The van der Waals surface area contributed by atoms with Gasteiger partial charge in [0.05, 0.1) is 12.1 Å². The van der Waals surface area contributed by atoms with Crippen molar-refractivity contribution in [2.45, 2.75) is 11.1 Å². The van der Waals surface area contributed by atoms with E-state index < -0.39 is 0 Å². The monoisotopic (exact) mass is 298 g/mol. The molecule has 1 atom stereocenters. The number of nitrogens with one attached hydrogen (secondary N) is 1. The molecule has 2 aromatic carbocycles. The van der Waals surface area contributed by atoms with E-state index in [1.54, 1.807) is 18.9 Å². The highest BCUT2D eigenvalue weighted by Crippen LogP contribution is 2.29. The molecule has 0 aliphatic heterocycles. The highest BCUT2D eigenvalue weighted by atomic mass is 32.2. The lowest BCUT2D eigenvalue weighted by molar-refractivity contribution is 0.407. The van der Waals surface area contributed by atoms with E-state index in [4.69, 9.17) is 10.5 Å². The zero-order valence-electron chi connectivity index (χ0n) is 11.9. The van der Waals surface area contributed by atoms with E-state index in [-0.39, 0.29) is 6.04 Å². The number of para-hydroxylation sites is 2. The van der Waals surface area contributed by atoms with Crippen molar-refractivity contribution < 1.29 is 4.74 Å². The lowest BCUT2D eigenvalue weighted by atomic mass is 10.1. The summed E-state index contributed by atoms with van der Waals surface area (Å²) in [7, 11) is 1.68. The van der Waals surface area contributed by atoms with E-state index in [1.165, 1.54) is 5.39 Å². The molecule has 1 aromatic heterocycles. The summed E-state index contributed by atoms with van der Waals surface area (Å²) in [5, 5.41) is 2.37. The van der Waals surface area contributed by atoms with Crippen LogP contribution in [-0.2, 0) is 0 Å². The summed E-state index contributed by atoms with van der Waals surface area (Å²) in [6.07, 6.45) is 0. The third-order valence-electron chi connectivity index (χ3n) is 3.46. The van der Waals surface area contributed by atoms with Crippen LogP contribution in [0.4, 0.5) is 0 Å². The molecular weight excluding hydrogens is 280 g/mol. The maximum absolute atomic E-state index is 6.30. The Labute approximate surface area is 128 Å². The molecular formula is C17H18N2OS. The summed E-state index contributed by atoms with van der Waals surface area (Å²) in [4.78, 5) is 3.41. The van der Waals surface area contributed by atoms with Gasteiger partial charge in [-0.1, -0.05) is 36.4 Å². The van der Waals surface area contributed by atoms with Crippen molar-refractivity contribution in [1.29, 1.82) is 0 Å². The van der Waals surface area contributed by atoms with E-state index in [2.05, 4.69) is 23.2 Å². The Bertz CT molecular complexity index is 705. The van der Waals surface area contributed by atoms with Gasteiger partial charge in [-0.15, -0.1) is 11.8 Å². The maximum atomic E-state index is 6.30. The van der Waals surface area contributed by atoms with Crippen molar-refractivity contribution in [2.24, 2.45) is 5.73 Å². The number of benzene rings is 2. The predicted octanol–water partition coefficient (Wildman–Crippen LogP) is 3.97. The zero-order valence-corrected chi connectivity index (χ0v) is 12.7. The van der Waals surface area contributed by atoms with Crippen LogP contribution in [-0.4, -0.2) is 17.8 Å². The summed E-state index contributed by atoms with van der Waals surface area (Å²) >= 11 is 1.73. The minimum atomic E-state index is -0.0578. The van der Waals surface area contributed by atoms with Crippen LogP contribution in [0.25, 0.3) is 10.9 Å². The Balaban J connectivity index is 1.72. The molecule has 0 fully saturated rings. The molecule has 3 rings (SSSR count). The number of aromatic amines is 1. The number of hydrogen-bond donors (Lipinski definition) is 2. The largest absolute Gasteiger partial charge is 0.496 e. The van der Waals surface area contributed by atoms with E-state index in [0.717, 1.165) is 27.6 Å². The van der Waals surface area contributed by atoms with Gasteiger partial charge >= 0.3 is 0 Å². The molecule has 1 heterocycles. The van der Waals surface area contributed by atoms with Gasteiger partial charge < -0.3 is 15.5 Å². The highest BCUT2D eigenvalue weighted by molar-refractivity contribution is 7.99. The normalized spacial score (nSPS) is 12.5. The Morgan fingerprint density at radius 2 is 1.90 bits per heavy atom. The van der Waals surface area contributed by atoms with Gasteiger partial charge in [0.1, 0.15) is 5.75 Å². The van der Waals surface area contributed by atoms with Crippen LogP contribution < -0.4 is 10.5 Å². The van der Waals surface area contributed by atoms with Gasteiger partial charge in [0.15, 0.2) is 0 Å². The quantitative estimate of drug-likeness (QED) is 0.701. The van der Waals surface area contributed by atoms with E-state index in [1.807, 2.05) is 36.4 Å². The van der Waals surface area contributed by atoms with Crippen molar-refractivity contribution >= 4 is 22.7 Å². The molecule has 0 spiro atoms. The molecule has 3 aromatic rings. The molecule has 0 aliphatic rings. The minimum absolute atomic E-state index is 0.0578. The minimum Gasteiger partial charge on any atom is -0.496 e. The second kappa shape index (κ2) is 6.24. The Morgan fingerprint density at radius 3 is 2.71 bits per heavy atom. The van der Waals surface area contributed by atoms with Crippen molar-refractivity contribution in [1.82, 2.24) is 4.98 Å². The van der Waals surface area contributed by atoms with Crippen LogP contribution in [0.1, 0.15) is 11.6 Å². The zero-order chi connectivity index (χ0) is 14.7. The fourth-order valence-corrected chi connectivity index (χ4v) is 3.30. The molecule has 4 heteroatoms. The number of hydrogen-bond acceptors (Lipinski definition) is 3. The molecule has 0 bridgehead atoms. The lowest BCUT2D eigenvalue weighted by Gasteiger charge is -2.14. The van der Waals surface area contributed by atoms with Crippen LogP contribution in [0.2, 0.25) is 0 Å². The smallest absolute Gasteiger partial charge is 0.123 e. The summed E-state index contributed by atoms with van der Waals surface area (Å²) in [6.45, 7) is 0. The second-order valence-electron chi connectivity index (χ2n) is 4.88. The van der Waals surface area contributed by atoms with Gasteiger partial charge in [-0.05, 0) is 18.2 Å². The van der Waals surface area contributed by atoms with Crippen molar-refractivity contribution in [3.63, 3.8) is 0 Å².